The van der Waals surface area contributed by atoms with Gasteiger partial charge in [-0.25, -0.2) is 0 Å². The first-order valence-corrected chi connectivity index (χ1v) is 11.2. The summed E-state index contributed by atoms with van der Waals surface area (Å²) < 4.78 is 0. The molecule has 3 heterocycles. The average molecular weight is 416 g/mol. The smallest absolute Gasteiger partial charge is 0.246 e. The summed E-state index contributed by atoms with van der Waals surface area (Å²) >= 11 is 0. The molecule has 0 radical (unpaired) electrons. The molecule has 2 aliphatic heterocycles. The number of hydrogen-bond donors (Lipinski definition) is 1. The number of amides is 2. The minimum Gasteiger partial charge on any atom is -0.356 e. The van der Waals surface area contributed by atoms with Gasteiger partial charge in [0.05, 0.1) is 12.6 Å². The summed E-state index contributed by atoms with van der Waals surface area (Å²) in [5.41, 5.74) is 5.47. The number of piperazine rings is 1. The van der Waals surface area contributed by atoms with Crippen LogP contribution in [0, 0.1) is 12.8 Å². The lowest BCUT2D eigenvalue weighted by Crippen LogP contribution is -2.63. The van der Waals surface area contributed by atoms with Crippen LogP contribution in [0.3, 0.4) is 0 Å². The van der Waals surface area contributed by atoms with Crippen LogP contribution >= 0.6 is 0 Å². The van der Waals surface area contributed by atoms with Crippen molar-refractivity contribution >= 4 is 22.7 Å². The maximum absolute atomic E-state index is 13.6. The molecule has 0 unspecified atom stereocenters. The SMILES string of the molecule is Cc1ccccc1[C@@H]1c2[nH]c3ccccc3c2C[C@H]2C(=O)N(CCC(C)C)CC(=O)N12. The van der Waals surface area contributed by atoms with Gasteiger partial charge in [0, 0.05) is 29.6 Å². The van der Waals surface area contributed by atoms with E-state index in [9.17, 15) is 9.59 Å². The van der Waals surface area contributed by atoms with Crippen molar-refractivity contribution in [2.45, 2.75) is 45.7 Å². The molecule has 160 valence electrons. The van der Waals surface area contributed by atoms with Gasteiger partial charge in [-0.3, -0.25) is 9.59 Å². The van der Waals surface area contributed by atoms with E-state index in [4.69, 9.17) is 0 Å². The van der Waals surface area contributed by atoms with Crippen LogP contribution in [0.1, 0.15) is 48.7 Å². The average Bonchev–Trinajstić information content (AvgIpc) is 3.13. The molecule has 0 bridgehead atoms. The van der Waals surface area contributed by atoms with Crippen molar-refractivity contribution in [3.05, 3.63) is 70.9 Å². The van der Waals surface area contributed by atoms with Crippen LogP contribution in [0.15, 0.2) is 48.5 Å². The zero-order valence-electron chi connectivity index (χ0n) is 18.4. The van der Waals surface area contributed by atoms with Gasteiger partial charge in [-0.1, -0.05) is 56.3 Å². The fourth-order valence-electron chi connectivity index (χ4n) is 5.14. The van der Waals surface area contributed by atoms with E-state index in [-0.39, 0.29) is 24.4 Å². The third-order valence-electron chi connectivity index (χ3n) is 6.80. The summed E-state index contributed by atoms with van der Waals surface area (Å²) in [6.45, 7) is 7.18. The molecule has 3 aromatic rings. The molecule has 5 rings (SSSR count). The molecule has 1 N–H and O–H groups in total. The van der Waals surface area contributed by atoms with Crippen molar-refractivity contribution < 1.29 is 9.59 Å². The third-order valence-corrected chi connectivity index (χ3v) is 6.80. The number of fused-ring (bicyclic) bond motifs is 4. The highest BCUT2D eigenvalue weighted by Gasteiger charge is 2.48. The molecule has 0 aliphatic carbocycles. The number of H-pyrrole nitrogens is 1. The molecular formula is C26H29N3O2. The standard InChI is InChI=1S/C26H29N3O2/c1-16(2)12-13-28-15-23(30)29-22(26(28)31)14-20-19-10-6-7-11-21(19)27-24(20)25(29)18-9-5-4-8-17(18)3/h4-11,16,22,25,27H,12-15H2,1-3H3/t22-,25+/m0/s1. The number of rotatable bonds is 4. The zero-order valence-corrected chi connectivity index (χ0v) is 18.4. The summed E-state index contributed by atoms with van der Waals surface area (Å²) in [6.07, 6.45) is 1.47. The zero-order chi connectivity index (χ0) is 21.7. The maximum Gasteiger partial charge on any atom is 0.246 e. The monoisotopic (exact) mass is 415 g/mol. The van der Waals surface area contributed by atoms with Crippen molar-refractivity contribution in [1.29, 1.82) is 0 Å². The Hall–Kier alpha value is -3.08. The molecule has 0 spiro atoms. The topological polar surface area (TPSA) is 56.4 Å². The number of aromatic nitrogens is 1. The quantitative estimate of drug-likeness (QED) is 0.694. The van der Waals surface area contributed by atoms with E-state index in [2.05, 4.69) is 50.0 Å². The predicted molar refractivity (Wildman–Crippen MR) is 122 cm³/mol. The normalized spacial score (nSPS) is 21.0. The number of nitrogens with one attached hydrogen (secondary N) is 1. The molecule has 31 heavy (non-hydrogen) atoms. The Bertz CT molecular complexity index is 1160. The third kappa shape index (κ3) is 3.23. The van der Waals surface area contributed by atoms with Gasteiger partial charge >= 0.3 is 0 Å². The lowest BCUT2D eigenvalue weighted by molar-refractivity contribution is -0.158. The van der Waals surface area contributed by atoms with Crippen LogP contribution in [0.25, 0.3) is 10.9 Å². The van der Waals surface area contributed by atoms with Gasteiger partial charge in [0.1, 0.15) is 6.04 Å². The highest BCUT2D eigenvalue weighted by Crippen LogP contribution is 2.43. The second kappa shape index (κ2) is 7.56. The summed E-state index contributed by atoms with van der Waals surface area (Å²) in [4.78, 5) is 34.3. The second-order valence-corrected chi connectivity index (χ2v) is 9.29. The number of para-hydroxylation sites is 1. The Kier molecular flexibility index (Phi) is 4.84. The first-order chi connectivity index (χ1) is 15.0. The van der Waals surface area contributed by atoms with Crippen LogP contribution < -0.4 is 0 Å². The minimum absolute atomic E-state index is 0.0333. The van der Waals surface area contributed by atoms with Crippen LogP contribution in [-0.2, 0) is 16.0 Å². The molecule has 0 saturated carbocycles. The van der Waals surface area contributed by atoms with E-state index in [0.29, 0.717) is 18.9 Å². The van der Waals surface area contributed by atoms with Crippen LogP contribution in [0.4, 0.5) is 0 Å². The number of nitrogens with zero attached hydrogens (tertiary/aromatic N) is 2. The van der Waals surface area contributed by atoms with Crippen molar-refractivity contribution in [3.63, 3.8) is 0 Å². The minimum atomic E-state index is -0.454. The molecule has 2 aromatic carbocycles. The van der Waals surface area contributed by atoms with Crippen LogP contribution in [0.2, 0.25) is 0 Å². The van der Waals surface area contributed by atoms with Gasteiger partial charge in [0.25, 0.3) is 0 Å². The molecule has 2 atom stereocenters. The largest absolute Gasteiger partial charge is 0.356 e. The van der Waals surface area contributed by atoms with E-state index in [0.717, 1.165) is 39.7 Å². The molecule has 2 amide bonds. The molecule has 5 nitrogen and oxygen atoms in total. The van der Waals surface area contributed by atoms with Gasteiger partial charge in [-0.2, -0.15) is 0 Å². The van der Waals surface area contributed by atoms with Crippen LogP contribution in [-0.4, -0.2) is 45.7 Å². The molecule has 5 heteroatoms. The van der Waals surface area contributed by atoms with E-state index in [1.165, 1.54) is 0 Å². The summed E-state index contributed by atoms with van der Waals surface area (Å²) in [5, 5.41) is 1.15. The first-order valence-electron chi connectivity index (χ1n) is 11.2. The van der Waals surface area contributed by atoms with Gasteiger partial charge in [0.15, 0.2) is 0 Å². The van der Waals surface area contributed by atoms with E-state index < -0.39 is 6.04 Å². The van der Waals surface area contributed by atoms with Gasteiger partial charge in [-0.15, -0.1) is 0 Å². The van der Waals surface area contributed by atoms with Gasteiger partial charge < -0.3 is 14.8 Å². The number of aryl methyl sites for hydroxylation is 1. The predicted octanol–water partition coefficient (Wildman–Crippen LogP) is 4.21. The first kappa shape index (κ1) is 19.9. The molecule has 1 fully saturated rings. The highest BCUT2D eigenvalue weighted by molar-refractivity contribution is 5.97. The van der Waals surface area contributed by atoms with E-state index in [1.54, 1.807) is 4.90 Å². The Labute approximate surface area is 183 Å². The summed E-state index contributed by atoms with van der Waals surface area (Å²) in [7, 11) is 0. The fraction of sp³-hybridized carbons (Fsp3) is 0.385. The van der Waals surface area contributed by atoms with Crippen molar-refractivity contribution in [1.82, 2.24) is 14.8 Å². The molecule has 2 aliphatic rings. The molecule has 1 aromatic heterocycles. The highest BCUT2D eigenvalue weighted by atomic mass is 16.2. The lowest BCUT2D eigenvalue weighted by Gasteiger charge is -2.47. The second-order valence-electron chi connectivity index (χ2n) is 9.29. The Morgan fingerprint density at radius 3 is 2.58 bits per heavy atom. The Morgan fingerprint density at radius 2 is 1.81 bits per heavy atom. The number of carbonyl (C=O) groups excluding carboxylic acids is 2. The Morgan fingerprint density at radius 1 is 1.06 bits per heavy atom. The summed E-state index contributed by atoms with van der Waals surface area (Å²) in [6, 6.07) is 15.7. The number of aromatic amines is 1. The van der Waals surface area contributed by atoms with E-state index >= 15 is 0 Å². The summed E-state index contributed by atoms with van der Waals surface area (Å²) in [5.74, 6) is 0.605. The van der Waals surface area contributed by atoms with Crippen molar-refractivity contribution in [3.8, 4) is 0 Å². The number of benzene rings is 2. The van der Waals surface area contributed by atoms with Gasteiger partial charge in [-0.05, 0) is 42.0 Å². The van der Waals surface area contributed by atoms with E-state index in [1.807, 2.05) is 29.2 Å². The number of carbonyl (C=O) groups is 2. The maximum atomic E-state index is 13.6. The van der Waals surface area contributed by atoms with Gasteiger partial charge in [0.2, 0.25) is 11.8 Å². The fourth-order valence-corrected chi connectivity index (χ4v) is 5.14. The molecule has 1 saturated heterocycles. The van der Waals surface area contributed by atoms with Crippen molar-refractivity contribution in [2.75, 3.05) is 13.1 Å². The Balaban J connectivity index is 1.65. The lowest BCUT2D eigenvalue weighted by atomic mass is 9.85. The number of hydrogen-bond acceptors (Lipinski definition) is 2. The molecular weight excluding hydrogens is 386 g/mol. The van der Waals surface area contributed by atoms with Crippen LogP contribution in [0.5, 0.6) is 0 Å². The van der Waals surface area contributed by atoms with Crippen molar-refractivity contribution in [2.24, 2.45) is 5.92 Å².